The molecule has 0 fully saturated rings. The van der Waals surface area contributed by atoms with Gasteiger partial charge in [0.15, 0.2) is 0 Å². The minimum atomic E-state index is -0.221. The van der Waals surface area contributed by atoms with Crippen LogP contribution in [0, 0.1) is 20.8 Å². The van der Waals surface area contributed by atoms with Gasteiger partial charge in [-0.1, -0.05) is 33.6 Å². The lowest BCUT2D eigenvalue weighted by Gasteiger charge is -2.06. The third-order valence-electron chi connectivity index (χ3n) is 3.20. The number of nitrogens with zero attached hydrogens (tertiary/aromatic N) is 1. The maximum absolute atomic E-state index is 11.9. The second-order valence-corrected chi connectivity index (χ2v) is 5.93. The molecule has 0 spiro atoms. The van der Waals surface area contributed by atoms with Gasteiger partial charge in [0.05, 0.1) is 6.21 Å². The first-order valence-electron chi connectivity index (χ1n) is 6.64. The van der Waals surface area contributed by atoms with Gasteiger partial charge >= 0.3 is 0 Å². The molecule has 0 aliphatic heterocycles. The summed E-state index contributed by atoms with van der Waals surface area (Å²) in [7, 11) is 0. The molecule has 4 heteroatoms. The number of hydrogen-bond acceptors (Lipinski definition) is 2. The number of carbonyl (C=O) groups is 1. The average molecular weight is 345 g/mol. The summed E-state index contributed by atoms with van der Waals surface area (Å²) in [4.78, 5) is 11.9. The maximum atomic E-state index is 11.9. The molecule has 0 heterocycles. The van der Waals surface area contributed by atoms with E-state index in [1.807, 2.05) is 26.0 Å². The van der Waals surface area contributed by atoms with E-state index in [1.165, 1.54) is 5.56 Å². The third-order valence-corrected chi connectivity index (χ3v) is 3.73. The number of aryl methyl sites for hydroxylation is 3. The van der Waals surface area contributed by atoms with Crippen LogP contribution in [-0.2, 0) is 0 Å². The van der Waals surface area contributed by atoms with E-state index >= 15 is 0 Å². The van der Waals surface area contributed by atoms with E-state index in [0.717, 1.165) is 21.2 Å². The number of rotatable bonds is 3. The minimum absolute atomic E-state index is 0.221. The fraction of sp³-hybridized carbons (Fsp3) is 0.176. The molecule has 3 nitrogen and oxygen atoms in total. The molecule has 21 heavy (non-hydrogen) atoms. The quantitative estimate of drug-likeness (QED) is 0.659. The highest BCUT2D eigenvalue weighted by molar-refractivity contribution is 9.10. The van der Waals surface area contributed by atoms with Crippen LogP contribution in [0.2, 0.25) is 0 Å². The van der Waals surface area contributed by atoms with Crippen LogP contribution in [0.3, 0.4) is 0 Å². The molecule has 0 aliphatic carbocycles. The Morgan fingerprint density at radius 3 is 2.24 bits per heavy atom. The summed E-state index contributed by atoms with van der Waals surface area (Å²) < 4.78 is 0.938. The minimum Gasteiger partial charge on any atom is -0.267 e. The summed E-state index contributed by atoms with van der Waals surface area (Å²) in [6.07, 6.45) is 1.70. The molecular formula is C17H17BrN2O. The molecule has 0 atom stereocenters. The molecule has 0 saturated heterocycles. The molecule has 0 unspecified atom stereocenters. The van der Waals surface area contributed by atoms with Crippen molar-refractivity contribution in [3.05, 3.63) is 68.7 Å². The molecular weight excluding hydrogens is 328 g/mol. The summed E-state index contributed by atoms with van der Waals surface area (Å²) >= 11 is 3.34. The summed E-state index contributed by atoms with van der Waals surface area (Å²) in [5.41, 5.74) is 7.68. The molecule has 108 valence electrons. The molecule has 2 aromatic rings. The standard InChI is InChI=1S/C17H17BrN2O/c1-11-8-12(2)16(13(3)9-11)10-19-20-17(21)14-4-6-15(18)7-5-14/h4-10H,1-3H3,(H,20,21)/b19-10-. The number of benzene rings is 2. The number of hydrazone groups is 1. The first-order chi connectivity index (χ1) is 9.97. The predicted molar refractivity (Wildman–Crippen MR) is 89.9 cm³/mol. The van der Waals surface area contributed by atoms with Crippen molar-refractivity contribution in [3.8, 4) is 0 Å². The maximum Gasteiger partial charge on any atom is 0.271 e. The second kappa shape index (κ2) is 6.68. The Bertz CT molecular complexity index is 667. The third kappa shape index (κ3) is 4.02. The van der Waals surface area contributed by atoms with E-state index < -0.39 is 0 Å². The van der Waals surface area contributed by atoms with Crippen LogP contribution in [0.15, 0.2) is 46.0 Å². The zero-order valence-electron chi connectivity index (χ0n) is 12.3. The Balaban J connectivity index is 2.09. The largest absolute Gasteiger partial charge is 0.271 e. The lowest BCUT2D eigenvalue weighted by atomic mass is 10.0. The molecule has 1 amide bonds. The number of halogens is 1. The van der Waals surface area contributed by atoms with Crippen LogP contribution >= 0.6 is 15.9 Å². The molecule has 0 bridgehead atoms. The van der Waals surface area contributed by atoms with Crippen molar-refractivity contribution < 1.29 is 4.79 Å². The van der Waals surface area contributed by atoms with Gasteiger partial charge in [-0.2, -0.15) is 5.10 Å². The van der Waals surface area contributed by atoms with Crippen LogP contribution in [0.1, 0.15) is 32.6 Å². The predicted octanol–water partition coefficient (Wildman–Crippen LogP) is 4.14. The fourth-order valence-corrected chi connectivity index (χ4v) is 2.48. The van der Waals surface area contributed by atoms with Crippen LogP contribution < -0.4 is 5.43 Å². The SMILES string of the molecule is Cc1cc(C)c(/C=N\NC(=O)c2ccc(Br)cc2)c(C)c1. The smallest absolute Gasteiger partial charge is 0.267 e. The molecule has 2 aromatic carbocycles. The van der Waals surface area contributed by atoms with Crippen LogP contribution in [-0.4, -0.2) is 12.1 Å². The Kier molecular flexibility index (Phi) is 4.91. The fourth-order valence-electron chi connectivity index (χ4n) is 2.22. The van der Waals surface area contributed by atoms with Crippen LogP contribution in [0.25, 0.3) is 0 Å². The number of hydrogen-bond donors (Lipinski definition) is 1. The van der Waals surface area contributed by atoms with E-state index in [1.54, 1.807) is 18.3 Å². The summed E-state index contributed by atoms with van der Waals surface area (Å²) in [6.45, 7) is 6.14. The van der Waals surface area contributed by atoms with Crippen molar-refractivity contribution in [2.24, 2.45) is 5.10 Å². The number of carbonyl (C=O) groups excluding carboxylic acids is 1. The zero-order chi connectivity index (χ0) is 15.4. The molecule has 0 aromatic heterocycles. The van der Waals surface area contributed by atoms with E-state index in [-0.39, 0.29) is 5.91 Å². The normalized spacial score (nSPS) is 10.9. The second-order valence-electron chi connectivity index (χ2n) is 5.02. The molecule has 0 saturated carbocycles. The lowest BCUT2D eigenvalue weighted by Crippen LogP contribution is -2.17. The molecule has 1 N–H and O–H groups in total. The van der Waals surface area contributed by atoms with Gasteiger partial charge in [0, 0.05) is 15.6 Å². The summed E-state index contributed by atoms with van der Waals surface area (Å²) in [5.74, 6) is -0.221. The summed E-state index contributed by atoms with van der Waals surface area (Å²) in [6, 6.07) is 11.4. The van der Waals surface area contributed by atoms with Gasteiger partial charge < -0.3 is 0 Å². The van der Waals surface area contributed by atoms with Gasteiger partial charge in [-0.25, -0.2) is 5.43 Å². The lowest BCUT2D eigenvalue weighted by molar-refractivity contribution is 0.0955. The first-order valence-corrected chi connectivity index (χ1v) is 7.43. The van der Waals surface area contributed by atoms with Gasteiger partial charge in [-0.05, 0) is 56.2 Å². The van der Waals surface area contributed by atoms with Crippen molar-refractivity contribution in [2.75, 3.05) is 0 Å². The highest BCUT2D eigenvalue weighted by Gasteiger charge is 2.04. The Labute approximate surface area is 133 Å². The number of nitrogens with one attached hydrogen (secondary N) is 1. The van der Waals surface area contributed by atoms with Crippen molar-refractivity contribution >= 4 is 28.1 Å². The molecule has 0 aliphatic rings. The van der Waals surface area contributed by atoms with Crippen molar-refractivity contribution in [3.63, 3.8) is 0 Å². The highest BCUT2D eigenvalue weighted by Crippen LogP contribution is 2.14. The van der Waals surface area contributed by atoms with Gasteiger partial charge in [0.2, 0.25) is 0 Å². The first kappa shape index (κ1) is 15.4. The van der Waals surface area contributed by atoms with Gasteiger partial charge in [0.25, 0.3) is 5.91 Å². The monoisotopic (exact) mass is 344 g/mol. The number of amides is 1. The van der Waals surface area contributed by atoms with Gasteiger partial charge in [-0.15, -0.1) is 0 Å². The van der Waals surface area contributed by atoms with Gasteiger partial charge in [-0.3, -0.25) is 4.79 Å². The average Bonchev–Trinajstić information content (AvgIpc) is 2.42. The van der Waals surface area contributed by atoms with E-state index in [9.17, 15) is 4.79 Å². The summed E-state index contributed by atoms with van der Waals surface area (Å²) in [5, 5.41) is 4.06. The van der Waals surface area contributed by atoms with E-state index in [0.29, 0.717) is 5.56 Å². The van der Waals surface area contributed by atoms with Crippen molar-refractivity contribution in [1.29, 1.82) is 0 Å². The molecule has 0 radical (unpaired) electrons. The Morgan fingerprint density at radius 2 is 1.67 bits per heavy atom. The van der Waals surface area contributed by atoms with Crippen LogP contribution in [0.4, 0.5) is 0 Å². The molecule has 2 rings (SSSR count). The van der Waals surface area contributed by atoms with Crippen LogP contribution in [0.5, 0.6) is 0 Å². The van der Waals surface area contributed by atoms with Crippen molar-refractivity contribution in [1.82, 2.24) is 5.43 Å². The van der Waals surface area contributed by atoms with E-state index in [2.05, 4.69) is 45.5 Å². The van der Waals surface area contributed by atoms with Crippen molar-refractivity contribution in [2.45, 2.75) is 20.8 Å². The Hall–Kier alpha value is -1.94. The zero-order valence-corrected chi connectivity index (χ0v) is 13.9. The van der Waals surface area contributed by atoms with E-state index in [4.69, 9.17) is 0 Å². The Morgan fingerprint density at radius 1 is 1.10 bits per heavy atom. The highest BCUT2D eigenvalue weighted by atomic mass is 79.9. The van der Waals surface area contributed by atoms with Gasteiger partial charge in [0.1, 0.15) is 0 Å². The topological polar surface area (TPSA) is 41.5 Å².